The quantitative estimate of drug-likeness (QED) is 0.430. The van der Waals surface area contributed by atoms with Crippen LogP contribution >= 0.6 is 0 Å². The van der Waals surface area contributed by atoms with Gasteiger partial charge in [-0.25, -0.2) is 0 Å². The Morgan fingerprint density at radius 1 is 0.742 bits per heavy atom. The van der Waals surface area contributed by atoms with Crippen LogP contribution in [0.2, 0.25) is 0 Å². The average Bonchev–Trinajstić information content (AvgIpc) is 2.79. The lowest BCUT2D eigenvalue weighted by Crippen LogP contribution is -2.30. The van der Waals surface area contributed by atoms with E-state index in [0.717, 1.165) is 5.75 Å². The van der Waals surface area contributed by atoms with E-state index >= 15 is 0 Å². The van der Waals surface area contributed by atoms with E-state index in [9.17, 15) is 4.79 Å². The third-order valence-electron chi connectivity index (χ3n) is 4.71. The van der Waals surface area contributed by atoms with Crippen molar-refractivity contribution in [3.8, 4) is 17.2 Å². The summed E-state index contributed by atoms with van der Waals surface area (Å²) in [7, 11) is 0. The Morgan fingerprint density at radius 3 is 1.87 bits per heavy atom. The van der Waals surface area contributed by atoms with Gasteiger partial charge in [-0.1, -0.05) is 44.2 Å². The molecular weight excluding hydrogens is 390 g/mol. The SMILES string of the molecule is CC(C)c1ccc(O[C@H](C)C(=O)Nc2ccc(OCCOc3ccccc3)cc2)cc1. The van der Waals surface area contributed by atoms with E-state index in [4.69, 9.17) is 14.2 Å². The molecule has 0 spiro atoms. The van der Waals surface area contributed by atoms with Crippen molar-refractivity contribution in [3.63, 3.8) is 0 Å². The Kier molecular flexibility index (Phi) is 7.93. The first-order valence-electron chi connectivity index (χ1n) is 10.5. The standard InChI is InChI=1S/C26H29NO4/c1-19(2)21-9-13-25(14-10-21)31-20(3)26(28)27-22-11-15-24(16-12-22)30-18-17-29-23-7-5-4-6-8-23/h4-16,19-20H,17-18H2,1-3H3,(H,27,28)/t20-/m1/s1. The monoisotopic (exact) mass is 419 g/mol. The zero-order valence-corrected chi connectivity index (χ0v) is 18.2. The van der Waals surface area contributed by atoms with Gasteiger partial charge in [0.15, 0.2) is 6.10 Å². The highest BCUT2D eigenvalue weighted by Crippen LogP contribution is 2.20. The molecular formula is C26H29NO4. The van der Waals surface area contributed by atoms with Crippen molar-refractivity contribution in [1.82, 2.24) is 0 Å². The van der Waals surface area contributed by atoms with Crippen LogP contribution in [0.4, 0.5) is 5.69 Å². The average molecular weight is 420 g/mol. The molecule has 0 saturated heterocycles. The fourth-order valence-electron chi connectivity index (χ4n) is 2.90. The number of hydrogen-bond donors (Lipinski definition) is 1. The van der Waals surface area contributed by atoms with Gasteiger partial charge in [0, 0.05) is 5.69 Å². The van der Waals surface area contributed by atoms with Crippen molar-refractivity contribution in [3.05, 3.63) is 84.4 Å². The minimum atomic E-state index is -0.615. The lowest BCUT2D eigenvalue weighted by molar-refractivity contribution is -0.122. The highest BCUT2D eigenvalue weighted by molar-refractivity contribution is 5.94. The van der Waals surface area contributed by atoms with Crippen molar-refractivity contribution in [2.75, 3.05) is 18.5 Å². The third kappa shape index (κ3) is 7.07. The molecule has 0 unspecified atom stereocenters. The Bertz CT molecular complexity index is 937. The Morgan fingerprint density at radius 2 is 1.29 bits per heavy atom. The first kappa shape index (κ1) is 22.2. The fourth-order valence-corrected chi connectivity index (χ4v) is 2.90. The van der Waals surface area contributed by atoms with E-state index in [1.165, 1.54) is 5.56 Å². The molecule has 1 amide bonds. The summed E-state index contributed by atoms with van der Waals surface area (Å²) in [6.45, 7) is 6.90. The molecule has 3 aromatic rings. The Balaban J connectivity index is 1.42. The maximum atomic E-state index is 12.4. The van der Waals surface area contributed by atoms with Crippen LogP contribution < -0.4 is 19.5 Å². The van der Waals surface area contributed by atoms with Gasteiger partial charge in [0.1, 0.15) is 30.5 Å². The number of carbonyl (C=O) groups is 1. The molecule has 1 atom stereocenters. The van der Waals surface area contributed by atoms with Gasteiger partial charge in [-0.05, 0) is 66.9 Å². The topological polar surface area (TPSA) is 56.8 Å². The molecule has 0 saturated carbocycles. The molecule has 0 heterocycles. The molecule has 0 aromatic heterocycles. The number of carbonyl (C=O) groups excluding carboxylic acids is 1. The van der Waals surface area contributed by atoms with Crippen molar-refractivity contribution in [2.45, 2.75) is 32.8 Å². The summed E-state index contributed by atoms with van der Waals surface area (Å²) in [6.07, 6.45) is -0.615. The molecule has 3 rings (SSSR count). The van der Waals surface area contributed by atoms with Gasteiger partial charge in [0.25, 0.3) is 5.91 Å². The van der Waals surface area contributed by atoms with Gasteiger partial charge in [0.2, 0.25) is 0 Å². The molecule has 1 N–H and O–H groups in total. The molecule has 5 nitrogen and oxygen atoms in total. The van der Waals surface area contributed by atoms with Crippen molar-refractivity contribution < 1.29 is 19.0 Å². The zero-order chi connectivity index (χ0) is 22.1. The zero-order valence-electron chi connectivity index (χ0n) is 18.2. The number of ether oxygens (including phenoxy) is 3. The number of para-hydroxylation sites is 1. The van der Waals surface area contributed by atoms with Crippen LogP contribution in [0.3, 0.4) is 0 Å². The molecule has 0 radical (unpaired) electrons. The van der Waals surface area contributed by atoms with Gasteiger partial charge in [-0.15, -0.1) is 0 Å². The fraction of sp³-hybridized carbons (Fsp3) is 0.269. The summed E-state index contributed by atoms with van der Waals surface area (Å²) in [4.78, 5) is 12.4. The molecule has 0 aliphatic heterocycles. The summed E-state index contributed by atoms with van der Waals surface area (Å²) >= 11 is 0. The van der Waals surface area contributed by atoms with Crippen LogP contribution in [-0.2, 0) is 4.79 Å². The third-order valence-corrected chi connectivity index (χ3v) is 4.71. The first-order chi connectivity index (χ1) is 15.0. The molecule has 5 heteroatoms. The van der Waals surface area contributed by atoms with Crippen molar-refractivity contribution in [1.29, 1.82) is 0 Å². The largest absolute Gasteiger partial charge is 0.490 e. The number of amides is 1. The molecule has 0 aliphatic carbocycles. The summed E-state index contributed by atoms with van der Waals surface area (Å²) in [6, 6.07) is 24.7. The number of nitrogens with one attached hydrogen (secondary N) is 1. The lowest BCUT2D eigenvalue weighted by Gasteiger charge is -2.16. The predicted octanol–water partition coefficient (Wildman–Crippen LogP) is 5.67. The summed E-state index contributed by atoms with van der Waals surface area (Å²) < 4.78 is 17.0. The molecule has 3 aromatic carbocycles. The van der Waals surface area contributed by atoms with Crippen molar-refractivity contribution >= 4 is 11.6 Å². The van der Waals surface area contributed by atoms with Crippen LogP contribution in [0.1, 0.15) is 32.3 Å². The summed E-state index contributed by atoms with van der Waals surface area (Å²) in [5.41, 5.74) is 1.92. The second kappa shape index (κ2) is 11.1. The number of hydrogen-bond acceptors (Lipinski definition) is 4. The number of rotatable bonds is 10. The lowest BCUT2D eigenvalue weighted by atomic mass is 10.0. The van der Waals surface area contributed by atoms with Gasteiger partial charge in [0.05, 0.1) is 0 Å². The molecule has 0 aliphatic rings. The van der Waals surface area contributed by atoms with E-state index in [1.807, 2.05) is 66.7 Å². The van der Waals surface area contributed by atoms with Crippen LogP contribution in [-0.4, -0.2) is 25.2 Å². The predicted molar refractivity (Wildman–Crippen MR) is 123 cm³/mol. The van der Waals surface area contributed by atoms with E-state index in [-0.39, 0.29) is 5.91 Å². The highest BCUT2D eigenvalue weighted by atomic mass is 16.5. The van der Waals surface area contributed by atoms with E-state index in [0.29, 0.717) is 36.3 Å². The van der Waals surface area contributed by atoms with E-state index < -0.39 is 6.10 Å². The Labute approximate surface area is 184 Å². The maximum Gasteiger partial charge on any atom is 0.265 e. The smallest absolute Gasteiger partial charge is 0.265 e. The highest BCUT2D eigenvalue weighted by Gasteiger charge is 2.15. The summed E-state index contributed by atoms with van der Waals surface area (Å²) in [5.74, 6) is 2.45. The Hall–Kier alpha value is -3.47. The van der Waals surface area contributed by atoms with Crippen LogP contribution in [0.15, 0.2) is 78.9 Å². The first-order valence-corrected chi connectivity index (χ1v) is 10.5. The minimum absolute atomic E-state index is 0.210. The second-order valence-corrected chi connectivity index (χ2v) is 7.51. The summed E-state index contributed by atoms with van der Waals surface area (Å²) in [5, 5.41) is 2.86. The normalized spacial score (nSPS) is 11.6. The van der Waals surface area contributed by atoms with Gasteiger partial charge >= 0.3 is 0 Å². The number of anilines is 1. The molecule has 31 heavy (non-hydrogen) atoms. The van der Waals surface area contributed by atoms with E-state index in [2.05, 4.69) is 19.2 Å². The molecule has 162 valence electrons. The molecule has 0 fully saturated rings. The van der Waals surface area contributed by atoms with Crippen LogP contribution in [0.5, 0.6) is 17.2 Å². The van der Waals surface area contributed by atoms with Crippen LogP contribution in [0, 0.1) is 0 Å². The van der Waals surface area contributed by atoms with E-state index in [1.54, 1.807) is 19.1 Å². The van der Waals surface area contributed by atoms with Gasteiger partial charge < -0.3 is 19.5 Å². The maximum absolute atomic E-state index is 12.4. The molecule has 0 bridgehead atoms. The number of benzene rings is 3. The second-order valence-electron chi connectivity index (χ2n) is 7.51. The minimum Gasteiger partial charge on any atom is -0.490 e. The van der Waals surface area contributed by atoms with Crippen LogP contribution in [0.25, 0.3) is 0 Å². The van der Waals surface area contributed by atoms with Crippen molar-refractivity contribution in [2.24, 2.45) is 0 Å². The van der Waals surface area contributed by atoms with Gasteiger partial charge in [-0.3, -0.25) is 4.79 Å². The van der Waals surface area contributed by atoms with Gasteiger partial charge in [-0.2, -0.15) is 0 Å².